The van der Waals surface area contributed by atoms with E-state index >= 15 is 0 Å². The van der Waals surface area contributed by atoms with Crippen LogP contribution in [-0.2, 0) is 16.6 Å². The molecule has 168 valence electrons. The van der Waals surface area contributed by atoms with Crippen molar-refractivity contribution < 1.29 is 13.2 Å². The lowest BCUT2D eigenvalue weighted by atomic mass is 9.94. The molecule has 0 aliphatic carbocycles. The van der Waals surface area contributed by atoms with Crippen molar-refractivity contribution in [2.24, 2.45) is 11.8 Å². The highest BCUT2D eigenvalue weighted by Gasteiger charge is 2.32. The fraction of sp³-hybridized carbons (Fsp3) is 0.333. The zero-order chi connectivity index (χ0) is 22.9. The number of amides is 1. The fourth-order valence-corrected chi connectivity index (χ4v) is 6.06. The number of fused-ring (bicyclic) bond motifs is 1. The Labute approximate surface area is 187 Å². The number of nitrogens with zero attached hydrogens (tertiary/aromatic N) is 1. The van der Waals surface area contributed by atoms with Gasteiger partial charge in [-0.05, 0) is 42.0 Å². The Kier molecular flexibility index (Phi) is 6.17. The van der Waals surface area contributed by atoms with Gasteiger partial charge >= 0.3 is 0 Å². The molecule has 1 amide bonds. The van der Waals surface area contributed by atoms with Crippen LogP contribution in [0.25, 0.3) is 10.9 Å². The van der Waals surface area contributed by atoms with E-state index in [1.54, 1.807) is 6.07 Å². The third-order valence-corrected chi connectivity index (χ3v) is 7.69. The summed E-state index contributed by atoms with van der Waals surface area (Å²) in [7, 11) is -3.74. The zero-order valence-electron chi connectivity index (χ0n) is 18.2. The van der Waals surface area contributed by atoms with Crippen molar-refractivity contribution in [2.45, 2.75) is 31.7 Å². The molecule has 0 radical (unpaired) electrons. The van der Waals surface area contributed by atoms with Gasteiger partial charge in [-0.2, -0.15) is 4.31 Å². The van der Waals surface area contributed by atoms with Crippen LogP contribution in [0.3, 0.4) is 0 Å². The summed E-state index contributed by atoms with van der Waals surface area (Å²) < 4.78 is 28.0. The first-order valence-corrected chi connectivity index (χ1v) is 12.2. The molecular formula is C24H27N3O4S. The lowest BCUT2D eigenvalue weighted by Gasteiger charge is -2.34. The Hall–Kier alpha value is -2.97. The minimum atomic E-state index is -3.74. The van der Waals surface area contributed by atoms with Gasteiger partial charge in [0.15, 0.2) is 0 Å². The largest absolute Gasteiger partial charge is 0.360 e. The molecule has 2 atom stereocenters. The SMILES string of the molecule is CC1CC(C)CN(S(=O)(=O)c2ccc3[nH]cc(C(=O)NCc4ccccc4)c(=O)c3c2)C1. The number of rotatable bonds is 5. The van der Waals surface area contributed by atoms with E-state index in [1.807, 2.05) is 44.2 Å². The summed E-state index contributed by atoms with van der Waals surface area (Å²) in [5, 5.41) is 2.92. The smallest absolute Gasteiger partial charge is 0.257 e. The van der Waals surface area contributed by atoms with E-state index in [9.17, 15) is 18.0 Å². The monoisotopic (exact) mass is 453 g/mol. The van der Waals surface area contributed by atoms with Crippen molar-refractivity contribution in [3.8, 4) is 0 Å². The van der Waals surface area contributed by atoms with Gasteiger partial charge in [0.2, 0.25) is 15.5 Å². The summed E-state index contributed by atoms with van der Waals surface area (Å²) in [5.74, 6) is 0.0403. The molecule has 1 aliphatic rings. The molecule has 2 aromatic carbocycles. The highest BCUT2D eigenvalue weighted by molar-refractivity contribution is 7.89. The quantitative estimate of drug-likeness (QED) is 0.620. The van der Waals surface area contributed by atoms with Crippen LogP contribution in [0.4, 0.5) is 0 Å². The van der Waals surface area contributed by atoms with Gasteiger partial charge in [-0.1, -0.05) is 44.2 Å². The molecule has 2 heterocycles. The minimum Gasteiger partial charge on any atom is -0.360 e. The van der Waals surface area contributed by atoms with Crippen molar-refractivity contribution in [3.63, 3.8) is 0 Å². The number of piperidine rings is 1. The molecule has 1 saturated heterocycles. The first kappa shape index (κ1) is 22.2. The summed E-state index contributed by atoms with van der Waals surface area (Å²) in [5.41, 5.74) is 0.843. The molecule has 4 rings (SSSR count). The molecule has 2 unspecified atom stereocenters. The fourth-order valence-electron chi connectivity index (χ4n) is 4.35. The molecule has 3 aromatic rings. The summed E-state index contributed by atoms with van der Waals surface area (Å²) in [6, 6.07) is 13.8. The molecule has 0 bridgehead atoms. The van der Waals surface area contributed by atoms with Crippen LogP contribution >= 0.6 is 0 Å². The van der Waals surface area contributed by atoms with Gasteiger partial charge in [-0.3, -0.25) is 9.59 Å². The second kappa shape index (κ2) is 8.88. The molecule has 7 nitrogen and oxygen atoms in total. The van der Waals surface area contributed by atoms with Gasteiger partial charge in [0.25, 0.3) is 5.91 Å². The summed E-state index contributed by atoms with van der Waals surface area (Å²) in [6.45, 7) is 5.30. The standard InChI is InChI=1S/C24H27N3O4S/c1-16-10-17(2)15-27(14-16)32(30,31)19-8-9-22-20(11-19)23(28)21(13-25-22)24(29)26-12-18-6-4-3-5-7-18/h3-9,11,13,16-17H,10,12,14-15H2,1-2H3,(H,25,28)(H,26,29). The number of carbonyl (C=O) groups excluding carboxylic acids is 1. The molecule has 0 spiro atoms. The Bertz CT molecular complexity index is 1290. The van der Waals surface area contributed by atoms with Crippen LogP contribution in [0, 0.1) is 11.8 Å². The van der Waals surface area contributed by atoms with Crippen molar-refractivity contribution in [3.05, 3.63) is 76.1 Å². The highest BCUT2D eigenvalue weighted by atomic mass is 32.2. The normalized spacial score (nSPS) is 19.7. The zero-order valence-corrected chi connectivity index (χ0v) is 19.0. The first-order chi connectivity index (χ1) is 15.3. The number of H-pyrrole nitrogens is 1. The lowest BCUT2D eigenvalue weighted by molar-refractivity contribution is 0.0949. The maximum Gasteiger partial charge on any atom is 0.257 e. The van der Waals surface area contributed by atoms with Gasteiger partial charge in [0.1, 0.15) is 5.56 Å². The number of sulfonamides is 1. The van der Waals surface area contributed by atoms with Crippen LogP contribution in [-0.4, -0.2) is 36.7 Å². The van der Waals surface area contributed by atoms with Gasteiger partial charge in [0.05, 0.1) is 4.90 Å². The number of benzene rings is 2. The molecule has 1 fully saturated rings. The third-order valence-electron chi connectivity index (χ3n) is 5.87. The van der Waals surface area contributed by atoms with Gasteiger partial charge in [0, 0.05) is 36.7 Å². The van der Waals surface area contributed by atoms with Gasteiger partial charge < -0.3 is 10.3 Å². The van der Waals surface area contributed by atoms with E-state index in [1.165, 1.54) is 22.6 Å². The Morgan fingerprint density at radius 2 is 1.78 bits per heavy atom. The topological polar surface area (TPSA) is 99.3 Å². The predicted molar refractivity (Wildman–Crippen MR) is 124 cm³/mol. The Morgan fingerprint density at radius 3 is 2.47 bits per heavy atom. The number of pyridine rings is 1. The van der Waals surface area contributed by atoms with Crippen molar-refractivity contribution in [2.75, 3.05) is 13.1 Å². The van der Waals surface area contributed by atoms with Crippen LogP contribution in [0.1, 0.15) is 36.2 Å². The average Bonchev–Trinajstić information content (AvgIpc) is 2.77. The summed E-state index contributed by atoms with van der Waals surface area (Å²) >= 11 is 0. The molecule has 0 saturated carbocycles. The number of aromatic nitrogens is 1. The maximum absolute atomic E-state index is 13.2. The molecular weight excluding hydrogens is 426 g/mol. The van der Waals surface area contributed by atoms with E-state index in [4.69, 9.17) is 0 Å². The van der Waals surface area contributed by atoms with E-state index in [0.717, 1.165) is 12.0 Å². The number of nitrogens with one attached hydrogen (secondary N) is 2. The van der Waals surface area contributed by atoms with E-state index < -0.39 is 21.4 Å². The summed E-state index contributed by atoms with van der Waals surface area (Å²) in [4.78, 5) is 28.7. The van der Waals surface area contributed by atoms with Gasteiger partial charge in [-0.25, -0.2) is 8.42 Å². The van der Waals surface area contributed by atoms with Crippen molar-refractivity contribution >= 4 is 26.8 Å². The van der Waals surface area contributed by atoms with Crippen LogP contribution in [0.2, 0.25) is 0 Å². The highest BCUT2D eigenvalue weighted by Crippen LogP contribution is 2.27. The average molecular weight is 454 g/mol. The lowest BCUT2D eigenvalue weighted by Crippen LogP contribution is -2.42. The molecule has 2 N–H and O–H groups in total. The van der Waals surface area contributed by atoms with Gasteiger partial charge in [-0.15, -0.1) is 0 Å². The number of hydrogen-bond donors (Lipinski definition) is 2. The summed E-state index contributed by atoms with van der Waals surface area (Å²) in [6.07, 6.45) is 2.36. The van der Waals surface area contributed by atoms with E-state index in [2.05, 4.69) is 10.3 Å². The molecule has 1 aromatic heterocycles. The first-order valence-electron chi connectivity index (χ1n) is 10.7. The number of aromatic amines is 1. The minimum absolute atomic E-state index is 0.0526. The van der Waals surface area contributed by atoms with Crippen LogP contribution in [0.5, 0.6) is 0 Å². The second-order valence-electron chi connectivity index (χ2n) is 8.68. The second-order valence-corrected chi connectivity index (χ2v) is 10.6. The third kappa shape index (κ3) is 4.47. The molecule has 1 aliphatic heterocycles. The molecule has 8 heteroatoms. The Balaban J connectivity index is 1.64. The number of hydrogen-bond acceptors (Lipinski definition) is 4. The maximum atomic E-state index is 13.2. The van der Waals surface area contributed by atoms with E-state index in [-0.39, 0.29) is 34.2 Å². The van der Waals surface area contributed by atoms with Crippen molar-refractivity contribution in [1.29, 1.82) is 0 Å². The predicted octanol–water partition coefficient (Wildman–Crippen LogP) is 3.12. The van der Waals surface area contributed by atoms with Crippen LogP contribution < -0.4 is 10.7 Å². The van der Waals surface area contributed by atoms with Crippen LogP contribution in [0.15, 0.2) is 64.4 Å². The molecule has 32 heavy (non-hydrogen) atoms. The number of carbonyl (C=O) groups is 1. The van der Waals surface area contributed by atoms with E-state index in [0.29, 0.717) is 18.6 Å². The Morgan fingerprint density at radius 1 is 1.09 bits per heavy atom. The van der Waals surface area contributed by atoms with Crippen molar-refractivity contribution in [1.82, 2.24) is 14.6 Å².